The van der Waals surface area contributed by atoms with Gasteiger partial charge in [-0.15, -0.1) is 0 Å². The molecule has 0 bridgehead atoms. The standard InChI is InChI=1S/C14H19F3N2O/c1-2-20-13-12(8-5-9-18-13)19-11-7-4-3-6-10(11)14(15,16)17/h5,8-11,19H,2-4,6-7H2,1H3. The van der Waals surface area contributed by atoms with Crippen LogP contribution in [-0.4, -0.2) is 23.8 Å². The summed E-state index contributed by atoms with van der Waals surface area (Å²) in [7, 11) is 0. The molecule has 20 heavy (non-hydrogen) atoms. The monoisotopic (exact) mass is 288 g/mol. The highest BCUT2D eigenvalue weighted by Crippen LogP contribution is 2.39. The zero-order valence-electron chi connectivity index (χ0n) is 11.4. The number of alkyl halides is 3. The van der Waals surface area contributed by atoms with E-state index in [1.165, 1.54) is 0 Å². The number of rotatable bonds is 4. The lowest BCUT2D eigenvalue weighted by Crippen LogP contribution is -2.41. The van der Waals surface area contributed by atoms with Gasteiger partial charge in [0.25, 0.3) is 0 Å². The van der Waals surface area contributed by atoms with Gasteiger partial charge in [0.05, 0.1) is 18.2 Å². The van der Waals surface area contributed by atoms with E-state index in [-0.39, 0.29) is 6.42 Å². The Morgan fingerprint density at radius 3 is 2.80 bits per heavy atom. The molecule has 1 fully saturated rings. The van der Waals surface area contributed by atoms with E-state index in [2.05, 4.69) is 10.3 Å². The fourth-order valence-corrected chi connectivity index (χ4v) is 2.65. The van der Waals surface area contributed by atoms with Gasteiger partial charge in [-0.25, -0.2) is 4.98 Å². The fourth-order valence-electron chi connectivity index (χ4n) is 2.65. The molecule has 3 nitrogen and oxygen atoms in total. The number of ether oxygens (including phenoxy) is 1. The maximum atomic E-state index is 13.1. The highest BCUT2D eigenvalue weighted by Gasteiger charge is 2.45. The van der Waals surface area contributed by atoms with Crippen LogP contribution in [0.1, 0.15) is 32.6 Å². The molecule has 6 heteroatoms. The Kier molecular flexibility index (Phi) is 4.73. The summed E-state index contributed by atoms with van der Waals surface area (Å²) in [5.74, 6) is -0.938. The molecular weight excluding hydrogens is 269 g/mol. The largest absolute Gasteiger partial charge is 0.476 e. The van der Waals surface area contributed by atoms with E-state index in [0.717, 1.165) is 6.42 Å². The van der Waals surface area contributed by atoms with E-state index < -0.39 is 18.1 Å². The van der Waals surface area contributed by atoms with Crippen molar-refractivity contribution in [2.75, 3.05) is 11.9 Å². The zero-order valence-corrected chi connectivity index (χ0v) is 11.4. The number of halogens is 3. The van der Waals surface area contributed by atoms with Crippen molar-refractivity contribution in [2.45, 2.75) is 44.8 Å². The summed E-state index contributed by atoms with van der Waals surface area (Å²) in [4.78, 5) is 4.06. The predicted octanol–water partition coefficient (Wildman–Crippen LogP) is 4.01. The van der Waals surface area contributed by atoms with Gasteiger partial charge in [-0.1, -0.05) is 12.8 Å². The summed E-state index contributed by atoms with van der Waals surface area (Å²) in [6, 6.07) is 2.79. The summed E-state index contributed by atoms with van der Waals surface area (Å²) in [5, 5.41) is 2.98. The summed E-state index contributed by atoms with van der Waals surface area (Å²) < 4.78 is 44.5. The molecule has 2 atom stereocenters. The van der Waals surface area contributed by atoms with Crippen LogP contribution in [0.2, 0.25) is 0 Å². The van der Waals surface area contributed by atoms with Gasteiger partial charge in [-0.05, 0) is 31.9 Å². The third-order valence-corrected chi connectivity index (χ3v) is 3.58. The molecule has 2 unspecified atom stereocenters. The highest BCUT2D eigenvalue weighted by molar-refractivity contribution is 5.53. The number of anilines is 1. The molecule has 0 amide bonds. The van der Waals surface area contributed by atoms with Gasteiger partial charge in [0.2, 0.25) is 5.88 Å². The summed E-state index contributed by atoms with van der Waals surface area (Å²) in [6.07, 6.45) is -0.442. The van der Waals surface area contributed by atoms with Crippen molar-refractivity contribution in [2.24, 2.45) is 5.92 Å². The quantitative estimate of drug-likeness (QED) is 0.909. The molecule has 0 spiro atoms. The van der Waals surface area contributed by atoms with Gasteiger partial charge < -0.3 is 10.1 Å². The van der Waals surface area contributed by atoms with Crippen LogP contribution >= 0.6 is 0 Å². The van der Waals surface area contributed by atoms with Gasteiger partial charge in [0.15, 0.2) is 0 Å². The lowest BCUT2D eigenvalue weighted by atomic mass is 9.84. The van der Waals surface area contributed by atoms with Crippen molar-refractivity contribution in [1.29, 1.82) is 0 Å². The number of pyridine rings is 1. The fraction of sp³-hybridized carbons (Fsp3) is 0.643. The Labute approximate surface area is 116 Å². The lowest BCUT2D eigenvalue weighted by Gasteiger charge is -2.34. The molecule has 1 aliphatic carbocycles. The first-order valence-corrected chi connectivity index (χ1v) is 6.93. The van der Waals surface area contributed by atoms with Crippen molar-refractivity contribution in [1.82, 2.24) is 4.98 Å². The number of hydrogen-bond acceptors (Lipinski definition) is 3. The van der Waals surface area contributed by atoms with E-state index >= 15 is 0 Å². The third kappa shape index (κ3) is 3.55. The minimum atomic E-state index is -4.16. The van der Waals surface area contributed by atoms with Crippen LogP contribution in [0.4, 0.5) is 18.9 Å². The van der Waals surface area contributed by atoms with Gasteiger partial charge in [-0.3, -0.25) is 0 Å². The van der Waals surface area contributed by atoms with Crippen LogP contribution in [0.5, 0.6) is 5.88 Å². The van der Waals surface area contributed by atoms with Crippen molar-refractivity contribution in [3.63, 3.8) is 0 Å². The van der Waals surface area contributed by atoms with Gasteiger partial charge >= 0.3 is 6.18 Å². The Morgan fingerprint density at radius 2 is 2.10 bits per heavy atom. The second kappa shape index (κ2) is 6.33. The lowest BCUT2D eigenvalue weighted by molar-refractivity contribution is -0.184. The molecule has 1 aliphatic rings. The van der Waals surface area contributed by atoms with E-state index in [0.29, 0.717) is 31.0 Å². The first-order chi connectivity index (χ1) is 9.52. The molecule has 0 aromatic carbocycles. The molecule has 1 N–H and O–H groups in total. The molecule has 2 rings (SSSR count). The number of aromatic nitrogens is 1. The Balaban J connectivity index is 2.15. The van der Waals surface area contributed by atoms with Crippen LogP contribution in [0.25, 0.3) is 0 Å². The van der Waals surface area contributed by atoms with Crippen molar-refractivity contribution in [3.8, 4) is 5.88 Å². The molecule has 0 aliphatic heterocycles. The number of nitrogens with one attached hydrogen (secondary N) is 1. The topological polar surface area (TPSA) is 34.1 Å². The van der Waals surface area contributed by atoms with Gasteiger partial charge in [-0.2, -0.15) is 13.2 Å². The average Bonchev–Trinajstić information content (AvgIpc) is 2.41. The minimum Gasteiger partial charge on any atom is -0.476 e. The Morgan fingerprint density at radius 1 is 1.35 bits per heavy atom. The van der Waals surface area contributed by atoms with E-state index in [1.54, 1.807) is 18.3 Å². The third-order valence-electron chi connectivity index (χ3n) is 3.58. The maximum Gasteiger partial charge on any atom is 0.393 e. The SMILES string of the molecule is CCOc1ncccc1NC1CCCCC1C(F)(F)F. The van der Waals surface area contributed by atoms with Crippen molar-refractivity contribution >= 4 is 5.69 Å². The summed E-state index contributed by atoms with van der Waals surface area (Å²) >= 11 is 0. The van der Waals surface area contributed by atoms with Crippen LogP contribution in [0, 0.1) is 5.92 Å². The second-order valence-corrected chi connectivity index (χ2v) is 4.97. The predicted molar refractivity (Wildman–Crippen MR) is 70.8 cm³/mol. The molecule has 0 radical (unpaired) electrons. The number of hydrogen-bond donors (Lipinski definition) is 1. The summed E-state index contributed by atoms with van der Waals surface area (Å²) in [5.41, 5.74) is 0.538. The van der Waals surface area contributed by atoms with Gasteiger partial charge in [0.1, 0.15) is 0 Å². The molecule has 1 saturated carbocycles. The highest BCUT2D eigenvalue weighted by atomic mass is 19.4. The van der Waals surface area contributed by atoms with E-state index in [4.69, 9.17) is 4.74 Å². The summed E-state index contributed by atoms with van der Waals surface area (Å²) in [6.45, 7) is 2.25. The molecule has 1 aromatic heterocycles. The molecular formula is C14H19F3N2O. The average molecular weight is 288 g/mol. The van der Waals surface area contributed by atoms with E-state index in [9.17, 15) is 13.2 Å². The van der Waals surface area contributed by atoms with E-state index in [1.807, 2.05) is 6.92 Å². The molecule has 112 valence electrons. The normalized spacial score (nSPS) is 23.4. The maximum absolute atomic E-state index is 13.1. The molecule has 1 aromatic rings. The van der Waals surface area contributed by atoms with Crippen LogP contribution in [0.15, 0.2) is 18.3 Å². The zero-order chi connectivity index (χ0) is 14.6. The first-order valence-electron chi connectivity index (χ1n) is 6.93. The van der Waals surface area contributed by atoms with Crippen LogP contribution in [-0.2, 0) is 0 Å². The first kappa shape index (κ1) is 14.9. The smallest absolute Gasteiger partial charge is 0.393 e. The van der Waals surface area contributed by atoms with Crippen LogP contribution < -0.4 is 10.1 Å². The van der Waals surface area contributed by atoms with Crippen molar-refractivity contribution < 1.29 is 17.9 Å². The van der Waals surface area contributed by atoms with Crippen LogP contribution in [0.3, 0.4) is 0 Å². The Hall–Kier alpha value is -1.46. The number of nitrogens with zero attached hydrogens (tertiary/aromatic N) is 1. The van der Waals surface area contributed by atoms with Gasteiger partial charge in [0, 0.05) is 12.2 Å². The Bertz CT molecular complexity index is 437. The minimum absolute atomic E-state index is 0.186. The molecule has 0 saturated heterocycles. The molecule has 1 heterocycles. The van der Waals surface area contributed by atoms with Crippen molar-refractivity contribution in [3.05, 3.63) is 18.3 Å². The second-order valence-electron chi connectivity index (χ2n) is 4.97.